The summed E-state index contributed by atoms with van der Waals surface area (Å²) >= 11 is 0. The van der Waals surface area contributed by atoms with Crippen LogP contribution in [0.5, 0.6) is 5.75 Å². The number of carbonyl (C=O) groups excluding carboxylic acids is 1. The smallest absolute Gasteiger partial charge is 0.159 e. The number of nitrogens with zero attached hydrogens (tertiary/aromatic N) is 2. The number of hydrogen-bond donors (Lipinski definition) is 1. The normalized spacial score (nSPS) is 17.3. The van der Waals surface area contributed by atoms with E-state index in [-0.39, 0.29) is 24.8 Å². The number of piperazine rings is 1. The van der Waals surface area contributed by atoms with Gasteiger partial charge in [-0.1, -0.05) is 6.92 Å². The van der Waals surface area contributed by atoms with E-state index in [2.05, 4.69) is 16.7 Å². The summed E-state index contributed by atoms with van der Waals surface area (Å²) in [5.41, 5.74) is 0.668. The summed E-state index contributed by atoms with van der Waals surface area (Å²) in [4.78, 5) is 15.9. The molecule has 2 rings (SSSR count). The lowest BCUT2D eigenvalue weighted by Gasteiger charge is -2.34. The van der Waals surface area contributed by atoms with Crippen molar-refractivity contribution >= 4 is 18.2 Å². The summed E-state index contributed by atoms with van der Waals surface area (Å²) in [5, 5.41) is 10.1. The van der Waals surface area contributed by atoms with E-state index in [0.29, 0.717) is 17.9 Å². The molecule has 1 aliphatic heterocycles. The standard InChI is InChI=1S/C17H26N2O3.ClH/c1-3-18-8-10-19(11-9-18)12-16(21)13-22-17-6-4-15(5-7-17)14(2)20;/h4-7,16,21H,3,8-13H2,1-2H3;1H. The molecule has 130 valence electrons. The number of ether oxygens (including phenoxy) is 1. The second kappa shape index (κ2) is 9.88. The molecule has 0 radical (unpaired) electrons. The van der Waals surface area contributed by atoms with Gasteiger partial charge in [-0.05, 0) is 37.7 Å². The number of aliphatic hydroxyl groups excluding tert-OH is 1. The minimum atomic E-state index is -0.499. The molecule has 1 atom stereocenters. The third kappa shape index (κ3) is 6.47. The number of carbonyl (C=O) groups is 1. The lowest BCUT2D eigenvalue weighted by molar-refractivity contribution is 0.0471. The minimum absolute atomic E-state index is 0. The predicted octanol–water partition coefficient (Wildman–Crippen LogP) is 1.69. The first kappa shape index (κ1) is 19.9. The Labute approximate surface area is 144 Å². The Morgan fingerprint density at radius 3 is 2.26 bits per heavy atom. The Balaban J connectivity index is 0.00000264. The quantitative estimate of drug-likeness (QED) is 0.764. The molecule has 1 aromatic carbocycles. The van der Waals surface area contributed by atoms with Crippen LogP contribution in [0.25, 0.3) is 0 Å². The number of aliphatic hydroxyl groups is 1. The molecule has 1 saturated heterocycles. The highest BCUT2D eigenvalue weighted by Gasteiger charge is 2.18. The van der Waals surface area contributed by atoms with Crippen LogP contribution >= 0.6 is 12.4 Å². The topological polar surface area (TPSA) is 53.0 Å². The number of halogens is 1. The molecule has 0 aliphatic carbocycles. The fraction of sp³-hybridized carbons (Fsp3) is 0.588. The van der Waals surface area contributed by atoms with Crippen LogP contribution in [0.4, 0.5) is 0 Å². The van der Waals surface area contributed by atoms with Gasteiger partial charge in [0.25, 0.3) is 0 Å². The van der Waals surface area contributed by atoms with Gasteiger partial charge in [0.15, 0.2) is 5.78 Å². The van der Waals surface area contributed by atoms with E-state index in [1.165, 1.54) is 6.92 Å². The van der Waals surface area contributed by atoms with Gasteiger partial charge in [0.2, 0.25) is 0 Å². The zero-order valence-electron chi connectivity index (χ0n) is 13.9. The number of rotatable bonds is 7. The number of ketones is 1. The van der Waals surface area contributed by atoms with Gasteiger partial charge in [-0.25, -0.2) is 0 Å². The molecule has 0 amide bonds. The van der Waals surface area contributed by atoms with Crippen molar-refractivity contribution in [2.75, 3.05) is 45.9 Å². The first-order valence-corrected chi connectivity index (χ1v) is 7.95. The SMILES string of the molecule is CCN1CCN(CC(O)COc2ccc(C(C)=O)cc2)CC1.Cl. The van der Waals surface area contributed by atoms with Crippen molar-refractivity contribution in [3.63, 3.8) is 0 Å². The van der Waals surface area contributed by atoms with Gasteiger partial charge in [0.05, 0.1) is 0 Å². The maximum Gasteiger partial charge on any atom is 0.159 e. The molecular formula is C17H27ClN2O3. The minimum Gasteiger partial charge on any atom is -0.491 e. The van der Waals surface area contributed by atoms with Gasteiger partial charge in [-0.2, -0.15) is 0 Å². The van der Waals surface area contributed by atoms with Gasteiger partial charge in [0, 0.05) is 38.3 Å². The molecule has 0 bridgehead atoms. The van der Waals surface area contributed by atoms with Gasteiger partial charge in [-0.15, -0.1) is 12.4 Å². The van der Waals surface area contributed by atoms with Crippen molar-refractivity contribution in [2.45, 2.75) is 20.0 Å². The summed E-state index contributed by atoms with van der Waals surface area (Å²) in [6.45, 7) is 9.85. The van der Waals surface area contributed by atoms with Crippen molar-refractivity contribution < 1.29 is 14.6 Å². The molecule has 0 spiro atoms. The highest BCUT2D eigenvalue weighted by molar-refractivity contribution is 5.94. The van der Waals surface area contributed by atoms with Crippen molar-refractivity contribution in [1.29, 1.82) is 0 Å². The Morgan fingerprint density at radius 2 is 1.74 bits per heavy atom. The Kier molecular flexibility index (Phi) is 8.55. The second-order valence-corrected chi connectivity index (χ2v) is 5.78. The zero-order chi connectivity index (χ0) is 15.9. The number of β-amino-alcohol motifs (C(OH)–C–C–N with tert-alkyl or cyclic N) is 1. The number of Topliss-reactive ketones (excluding diaryl/α,β-unsaturated/α-hetero) is 1. The van der Waals surface area contributed by atoms with E-state index in [1.54, 1.807) is 24.3 Å². The summed E-state index contributed by atoms with van der Waals surface area (Å²) < 4.78 is 5.59. The summed E-state index contributed by atoms with van der Waals surface area (Å²) in [6.07, 6.45) is -0.499. The molecular weight excluding hydrogens is 316 g/mol. The van der Waals surface area contributed by atoms with Gasteiger partial charge < -0.3 is 14.7 Å². The third-order valence-electron chi connectivity index (χ3n) is 4.08. The van der Waals surface area contributed by atoms with Crippen molar-refractivity contribution in [1.82, 2.24) is 9.80 Å². The molecule has 0 aromatic heterocycles. The zero-order valence-corrected chi connectivity index (χ0v) is 14.7. The summed E-state index contributed by atoms with van der Waals surface area (Å²) in [5.74, 6) is 0.720. The lowest BCUT2D eigenvalue weighted by atomic mass is 10.1. The van der Waals surface area contributed by atoms with E-state index in [4.69, 9.17) is 4.74 Å². The maximum atomic E-state index is 11.2. The third-order valence-corrected chi connectivity index (χ3v) is 4.08. The predicted molar refractivity (Wildman–Crippen MR) is 93.8 cm³/mol. The van der Waals surface area contributed by atoms with E-state index >= 15 is 0 Å². The molecule has 6 heteroatoms. The Bertz CT molecular complexity index is 473. The summed E-state index contributed by atoms with van der Waals surface area (Å²) in [7, 11) is 0. The maximum absolute atomic E-state index is 11.2. The molecule has 5 nitrogen and oxygen atoms in total. The lowest BCUT2D eigenvalue weighted by Crippen LogP contribution is -2.49. The van der Waals surface area contributed by atoms with Gasteiger partial charge >= 0.3 is 0 Å². The van der Waals surface area contributed by atoms with E-state index < -0.39 is 6.10 Å². The average molecular weight is 343 g/mol. The largest absolute Gasteiger partial charge is 0.491 e. The van der Waals surface area contributed by atoms with E-state index in [9.17, 15) is 9.90 Å². The van der Waals surface area contributed by atoms with Crippen LogP contribution in [0.3, 0.4) is 0 Å². The average Bonchev–Trinajstić information content (AvgIpc) is 2.54. The molecule has 1 heterocycles. The molecule has 1 N–H and O–H groups in total. The Morgan fingerprint density at radius 1 is 1.17 bits per heavy atom. The second-order valence-electron chi connectivity index (χ2n) is 5.78. The fourth-order valence-corrected chi connectivity index (χ4v) is 2.62. The first-order valence-electron chi connectivity index (χ1n) is 7.95. The van der Waals surface area contributed by atoms with Crippen LogP contribution in [0.2, 0.25) is 0 Å². The molecule has 1 aliphatic rings. The van der Waals surface area contributed by atoms with Crippen LogP contribution in [0, 0.1) is 0 Å². The molecule has 1 unspecified atom stereocenters. The highest BCUT2D eigenvalue weighted by atomic mass is 35.5. The van der Waals surface area contributed by atoms with Crippen LogP contribution < -0.4 is 4.74 Å². The van der Waals surface area contributed by atoms with Crippen molar-refractivity contribution in [3.8, 4) is 5.75 Å². The van der Waals surface area contributed by atoms with Crippen LogP contribution in [-0.2, 0) is 0 Å². The number of hydrogen-bond acceptors (Lipinski definition) is 5. The molecule has 23 heavy (non-hydrogen) atoms. The summed E-state index contributed by atoms with van der Waals surface area (Å²) in [6, 6.07) is 7.02. The van der Waals surface area contributed by atoms with Crippen molar-refractivity contribution in [2.24, 2.45) is 0 Å². The molecule has 1 fully saturated rings. The molecule has 0 saturated carbocycles. The molecule has 1 aromatic rings. The van der Waals surface area contributed by atoms with Gasteiger partial charge in [-0.3, -0.25) is 9.69 Å². The van der Waals surface area contributed by atoms with Crippen molar-refractivity contribution in [3.05, 3.63) is 29.8 Å². The number of benzene rings is 1. The van der Waals surface area contributed by atoms with Gasteiger partial charge in [0.1, 0.15) is 18.5 Å². The first-order chi connectivity index (χ1) is 10.6. The van der Waals surface area contributed by atoms with E-state index in [0.717, 1.165) is 32.7 Å². The van der Waals surface area contributed by atoms with Crippen LogP contribution in [0.15, 0.2) is 24.3 Å². The fourth-order valence-electron chi connectivity index (χ4n) is 2.62. The van der Waals surface area contributed by atoms with Crippen LogP contribution in [0.1, 0.15) is 24.2 Å². The monoisotopic (exact) mass is 342 g/mol. The Hall–Kier alpha value is -1.14. The van der Waals surface area contributed by atoms with E-state index in [1.807, 2.05) is 0 Å². The van der Waals surface area contributed by atoms with Crippen LogP contribution in [-0.4, -0.2) is 72.7 Å². The number of likely N-dealkylation sites (N-methyl/N-ethyl adjacent to an activating group) is 1. The highest BCUT2D eigenvalue weighted by Crippen LogP contribution is 2.13.